The maximum atomic E-state index is 11.3. The first kappa shape index (κ1) is 19.2. The lowest BCUT2D eigenvalue weighted by molar-refractivity contribution is -0.352. The summed E-state index contributed by atoms with van der Waals surface area (Å²) in [4.78, 5) is 10.6. The van der Waals surface area contributed by atoms with Gasteiger partial charge in [0.15, 0.2) is 0 Å². The van der Waals surface area contributed by atoms with Crippen LogP contribution in [0.3, 0.4) is 0 Å². The molecule has 0 aliphatic rings. The highest BCUT2D eigenvalue weighted by Crippen LogP contribution is 2.25. The number of azo groups is 1. The van der Waals surface area contributed by atoms with E-state index in [0.29, 0.717) is 5.69 Å². The molecule has 0 saturated heterocycles. The van der Waals surface area contributed by atoms with Crippen LogP contribution in [-0.4, -0.2) is 10.9 Å². The monoisotopic (exact) mass is 353 g/mol. The Hall–Kier alpha value is -3.09. The Morgan fingerprint density at radius 1 is 0.885 bits per heavy atom. The smallest absolute Gasteiger partial charge is 0.390 e. The summed E-state index contributed by atoms with van der Waals surface area (Å²) in [6, 6.07) is 7.89. The minimum atomic E-state index is -0.659. The molecule has 7 nitrogen and oxygen atoms in total. The van der Waals surface area contributed by atoms with E-state index in [1.165, 1.54) is 0 Å². The van der Waals surface area contributed by atoms with E-state index in [4.69, 9.17) is 0 Å². The fraction of sp³-hybridized carbons (Fsp3) is 0.316. The van der Waals surface area contributed by atoms with Gasteiger partial charge in [0.05, 0.1) is 10.8 Å². The van der Waals surface area contributed by atoms with Crippen LogP contribution < -0.4 is 5.43 Å². The molecular formula is C19H23N5O2. The van der Waals surface area contributed by atoms with Crippen LogP contribution in [0, 0.1) is 51.7 Å². The second-order valence-corrected chi connectivity index (χ2v) is 6.50. The molecule has 1 N–H and O–H groups in total. The van der Waals surface area contributed by atoms with Crippen LogP contribution in [0.15, 0.2) is 39.6 Å². The number of hydrogen-bond acceptors (Lipinski definition) is 5. The lowest BCUT2D eigenvalue weighted by Gasteiger charge is -2.08. The minimum absolute atomic E-state index is 0.594. The topological polar surface area (TPSA) is 92.2 Å². The van der Waals surface area contributed by atoms with E-state index in [0.717, 1.165) is 39.1 Å². The summed E-state index contributed by atoms with van der Waals surface area (Å²) in [7, 11) is 0. The Bertz CT molecular complexity index is 870. The Labute approximate surface area is 153 Å². The lowest BCUT2D eigenvalue weighted by atomic mass is 10.1. The number of benzene rings is 2. The van der Waals surface area contributed by atoms with Crippen molar-refractivity contribution in [2.75, 3.05) is 5.43 Å². The molecule has 0 aliphatic carbocycles. The molecule has 0 saturated carbocycles. The van der Waals surface area contributed by atoms with Crippen molar-refractivity contribution in [2.24, 2.45) is 15.3 Å². The third kappa shape index (κ3) is 4.50. The predicted molar refractivity (Wildman–Crippen MR) is 104 cm³/mol. The highest BCUT2D eigenvalue weighted by atomic mass is 16.6. The molecule has 136 valence electrons. The maximum Gasteiger partial charge on any atom is 0.511 e. The van der Waals surface area contributed by atoms with Crippen molar-refractivity contribution >= 4 is 17.3 Å². The highest BCUT2D eigenvalue weighted by molar-refractivity contribution is 5.74. The van der Waals surface area contributed by atoms with Gasteiger partial charge in [-0.3, -0.25) is 0 Å². The van der Waals surface area contributed by atoms with Crippen molar-refractivity contribution < 1.29 is 4.92 Å². The van der Waals surface area contributed by atoms with Crippen LogP contribution in [0.5, 0.6) is 0 Å². The first-order valence-electron chi connectivity index (χ1n) is 8.24. The van der Waals surface area contributed by atoms with Gasteiger partial charge in [0.25, 0.3) is 0 Å². The molecule has 0 heterocycles. The summed E-state index contributed by atoms with van der Waals surface area (Å²) in [5.74, 6) is -0.594. The highest BCUT2D eigenvalue weighted by Gasteiger charge is 2.15. The molecule has 2 aromatic carbocycles. The van der Waals surface area contributed by atoms with E-state index in [1.807, 2.05) is 65.8 Å². The van der Waals surface area contributed by atoms with E-state index in [1.54, 1.807) is 0 Å². The first-order chi connectivity index (χ1) is 12.2. The number of hydrogen-bond donors (Lipinski definition) is 1. The number of guanidine groups is 1. The number of aryl methyl sites for hydroxylation is 6. The van der Waals surface area contributed by atoms with Crippen molar-refractivity contribution in [3.63, 3.8) is 0 Å². The molecule has 0 radical (unpaired) electrons. The van der Waals surface area contributed by atoms with Crippen LogP contribution in [0.2, 0.25) is 0 Å². The number of nitrogens with one attached hydrogen (secondary N) is 1. The Balaban J connectivity index is 2.33. The molecule has 0 atom stereocenters. The van der Waals surface area contributed by atoms with Gasteiger partial charge in [-0.15, -0.1) is 0 Å². The molecule has 0 aliphatic heterocycles. The van der Waals surface area contributed by atoms with E-state index in [2.05, 4.69) is 20.8 Å². The summed E-state index contributed by atoms with van der Waals surface area (Å²) >= 11 is 0. The van der Waals surface area contributed by atoms with Gasteiger partial charge in [0.1, 0.15) is 5.69 Å². The van der Waals surface area contributed by atoms with Crippen LogP contribution >= 0.6 is 0 Å². The molecule has 0 unspecified atom stereocenters. The molecule has 7 heteroatoms. The van der Waals surface area contributed by atoms with Gasteiger partial charge >= 0.3 is 5.96 Å². The molecule has 2 rings (SSSR count). The van der Waals surface area contributed by atoms with Gasteiger partial charge in [-0.05, 0) is 68.7 Å². The number of rotatable bonds is 3. The quantitative estimate of drug-likeness (QED) is 0.267. The van der Waals surface area contributed by atoms with E-state index >= 15 is 0 Å². The number of anilines is 1. The second kappa shape index (κ2) is 7.86. The maximum absolute atomic E-state index is 11.3. The number of nitro groups is 1. The van der Waals surface area contributed by atoms with Crippen molar-refractivity contribution in [1.82, 2.24) is 0 Å². The Morgan fingerprint density at radius 3 is 1.81 bits per heavy atom. The van der Waals surface area contributed by atoms with E-state index in [-0.39, 0.29) is 0 Å². The molecular weight excluding hydrogens is 330 g/mol. The Morgan fingerprint density at radius 2 is 1.35 bits per heavy atom. The third-order valence-electron chi connectivity index (χ3n) is 3.98. The van der Waals surface area contributed by atoms with Gasteiger partial charge in [-0.25, -0.2) is 5.43 Å². The largest absolute Gasteiger partial charge is 0.511 e. The summed E-state index contributed by atoms with van der Waals surface area (Å²) in [5.41, 5.74) is 10.1. The molecule has 26 heavy (non-hydrogen) atoms. The molecule has 2 aromatic rings. The van der Waals surface area contributed by atoms with Crippen LogP contribution in [0.1, 0.15) is 33.4 Å². The van der Waals surface area contributed by atoms with Crippen molar-refractivity contribution in [3.8, 4) is 0 Å². The van der Waals surface area contributed by atoms with Gasteiger partial charge in [-0.2, -0.15) is 0 Å². The normalized spacial score (nSPS) is 11.8. The van der Waals surface area contributed by atoms with Crippen LogP contribution in [0.4, 0.5) is 11.4 Å². The lowest BCUT2D eigenvalue weighted by Crippen LogP contribution is -2.11. The standard InChI is InChI=1S/C19H23N5O2/c1-11-7-13(3)17(14(4)8-11)20-22-19(24(25)26)23-21-18-15(5)9-12(2)10-16(18)6/h7-10,20H,1-6H3/b22-19+,23-21?. The van der Waals surface area contributed by atoms with Crippen LogP contribution in [-0.2, 0) is 0 Å². The molecule has 0 aromatic heterocycles. The summed E-state index contributed by atoms with van der Waals surface area (Å²) in [5, 5.41) is 22.9. The zero-order chi connectivity index (χ0) is 19.4. The van der Waals surface area contributed by atoms with E-state index < -0.39 is 10.9 Å². The van der Waals surface area contributed by atoms with E-state index in [9.17, 15) is 10.1 Å². The van der Waals surface area contributed by atoms with Gasteiger partial charge in [-0.1, -0.05) is 40.5 Å². The molecule has 0 fully saturated rings. The zero-order valence-corrected chi connectivity index (χ0v) is 15.9. The summed E-state index contributed by atoms with van der Waals surface area (Å²) < 4.78 is 0. The summed E-state index contributed by atoms with van der Waals surface area (Å²) in [6.45, 7) is 11.6. The average molecular weight is 353 g/mol. The fourth-order valence-electron chi connectivity index (χ4n) is 2.99. The fourth-order valence-corrected chi connectivity index (χ4v) is 2.99. The Kier molecular flexibility index (Phi) is 5.82. The summed E-state index contributed by atoms with van der Waals surface area (Å²) in [6.07, 6.45) is 0. The minimum Gasteiger partial charge on any atom is -0.390 e. The zero-order valence-electron chi connectivity index (χ0n) is 15.9. The second-order valence-electron chi connectivity index (χ2n) is 6.50. The molecule has 0 bridgehead atoms. The van der Waals surface area contributed by atoms with Crippen molar-refractivity contribution in [3.05, 3.63) is 67.8 Å². The number of hydrazone groups is 1. The SMILES string of the molecule is Cc1cc(C)c(N=N/C(=N\Nc2c(C)cc(C)cc2C)[N+](=O)[O-])c(C)c1. The third-order valence-corrected chi connectivity index (χ3v) is 3.98. The van der Waals surface area contributed by atoms with Gasteiger partial charge in [0, 0.05) is 5.10 Å². The van der Waals surface area contributed by atoms with Crippen molar-refractivity contribution in [1.29, 1.82) is 0 Å². The van der Waals surface area contributed by atoms with Crippen molar-refractivity contribution in [2.45, 2.75) is 41.5 Å². The number of nitrogens with zero attached hydrogens (tertiary/aromatic N) is 4. The van der Waals surface area contributed by atoms with Crippen LogP contribution in [0.25, 0.3) is 0 Å². The average Bonchev–Trinajstić information content (AvgIpc) is 2.50. The molecule has 0 amide bonds. The predicted octanol–water partition coefficient (Wildman–Crippen LogP) is 5.28. The van der Waals surface area contributed by atoms with Gasteiger partial charge in [0.2, 0.25) is 0 Å². The molecule has 0 spiro atoms. The van der Waals surface area contributed by atoms with Gasteiger partial charge < -0.3 is 10.1 Å². The first-order valence-corrected chi connectivity index (χ1v) is 8.24.